The number of hydrogen-bond donors (Lipinski definition) is 0. The van der Waals surface area contributed by atoms with Crippen molar-refractivity contribution in [2.45, 2.75) is 83.8 Å². The second-order valence-electron chi connectivity index (χ2n) is 9.68. The fraction of sp³-hybridized carbons (Fsp3) is 0.727. The van der Waals surface area contributed by atoms with Gasteiger partial charge in [0, 0.05) is 25.2 Å². The molecule has 0 N–H and O–H groups in total. The van der Waals surface area contributed by atoms with Gasteiger partial charge in [-0.2, -0.15) is 5.10 Å². The van der Waals surface area contributed by atoms with Crippen molar-refractivity contribution in [1.82, 2.24) is 14.7 Å². The summed E-state index contributed by atoms with van der Waals surface area (Å²) in [7, 11) is 0. The number of Topliss-reactive ketones (excluding diaryl/α,β-unsaturated/α-hetero) is 1. The predicted octanol–water partition coefficient (Wildman–Crippen LogP) is 4.69. The number of hydrogen-bond acceptors (Lipinski definition) is 5. The van der Waals surface area contributed by atoms with Gasteiger partial charge in [-0.15, -0.1) is 0 Å². The van der Waals surface area contributed by atoms with Crippen LogP contribution >= 0.6 is 0 Å². The molecule has 3 aliphatic rings. The second-order valence-corrected chi connectivity index (χ2v) is 9.68. The van der Waals surface area contributed by atoms with E-state index in [1.807, 2.05) is 25.5 Å². The first-order valence-electron chi connectivity index (χ1n) is 11.0. The Hall–Kier alpha value is -2.18. The van der Waals surface area contributed by atoms with E-state index in [0.717, 1.165) is 25.0 Å². The summed E-state index contributed by atoms with van der Waals surface area (Å²) in [5.41, 5.74) is 1.10. The molecule has 3 heterocycles. The molecule has 4 rings (SSSR count). The molecule has 1 aromatic heterocycles. The molecule has 29 heavy (non-hydrogen) atoms. The Kier molecular flexibility index (Phi) is 5.49. The van der Waals surface area contributed by atoms with Crippen LogP contribution in [0.4, 0.5) is 10.6 Å². The number of carbonyl (C=O) groups is 2. The number of aromatic nitrogens is 2. The number of nitrogens with zero attached hydrogens (tertiary/aromatic N) is 4. The Morgan fingerprint density at radius 1 is 1.21 bits per heavy atom. The fourth-order valence-electron chi connectivity index (χ4n) is 4.71. The van der Waals surface area contributed by atoms with E-state index in [1.54, 1.807) is 11.1 Å². The molecule has 0 radical (unpaired) electrons. The zero-order valence-corrected chi connectivity index (χ0v) is 17.8. The van der Waals surface area contributed by atoms with Crippen LogP contribution < -0.4 is 0 Å². The summed E-state index contributed by atoms with van der Waals surface area (Å²) in [4.78, 5) is 31.8. The van der Waals surface area contributed by atoms with Gasteiger partial charge in [0.1, 0.15) is 5.60 Å². The van der Waals surface area contributed by atoms with E-state index in [0.29, 0.717) is 36.8 Å². The largest absolute Gasteiger partial charge is 0.444 e. The van der Waals surface area contributed by atoms with Crippen molar-refractivity contribution in [2.24, 2.45) is 10.9 Å². The van der Waals surface area contributed by atoms with Gasteiger partial charge in [-0.05, 0) is 46.0 Å². The Morgan fingerprint density at radius 3 is 2.69 bits per heavy atom. The van der Waals surface area contributed by atoms with Crippen LogP contribution in [0.5, 0.6) is 0 Å². The third-order valence-corrected chi connectivity index (χ3v) is 6.09. The van der Waals surface area contributed by atoms with E-state index in [2.05, 4.69) is 5.10 Å². The zero-order chi connectivity index (χ0) is 20.6. The fourth-order valence-corrected chi connectivity index (χ4v) is 4.71. The lowest BCUT2D eigenvalue weighted by atomic mass is 9.94. The van der Waals surface area contributed by atoms with Crippen molar-refractivity contribution in [3.8, 4) is 0 Å². The highest BCUT2D eigenvalue weighted by Crippen LogP contribution is 2.35. The molecule has 2 fully saturated rings. The maximum Gasteiger partial charge on any atom is 0.410 e. The molecule has 0 spiro atoms. The van der Waals surface area contributed by atoms with Gasteiger partial charge < -0.3 is 9.64 Å². The van der Waals surface area contributed by atoms with Crippen LogP contribution in [0.3, 0.4) is 0 Å². The average molecular weight is 401 g/mol. The van der Waals surface area contributed by atoms with Crippen LogP contribution in [0.1, 0.15) is 88.5 Å². The average Bonchev–Trinajstić information content (AvgIpc) is 3.30. The maximum atomic E-state index is 12.7. The summed E-state index contributed by atoms with van der Waals surface area (Å²) in [6, 6.07) is 0.0161. The lowest BCUT2D eigenvalue weighted by Crippen LogP contribution is -2.43. The van der Waals surface area contributed by atoms with E-state index in [9.17, 15) is 9.59 Å². The summed E-state index contributed by atoms with van der Waals surface area (Å²) in [5.74, 6) is 1.47. The molecule has 1 saturated heterocycles. The van der Waals surface area contributed by atoms with Gasteiger partial charge in [-0.3, -0.25) is 4.79 Å². The van der Waals surface area contributed by atoms with Crippen LogP contribution in [0.2, 0.25) is 0 Å². The lowest BCUT2D eigenvalue weighted by molar-refractivity contribution is 0.0168. The minimum atomic E-state index is -0.513. The second kappa shape index (κ2) is 7.92. The van der Waals surface area contributed by atoms with Crippen molar-refractivity contribution in [1.29, 1.82) is 0 Å². The summed E-state index contributed by atoms with van der Waals surface area (Å²) < 4.78 is 7.41. The first kappa shape index (κ1) is 20.1. The SMILES string of the molecule is CC(C)(C)OC(=O)N1CCCC(n2ncc3c2N=C(CC2CCCC2)CC3=O)C1. The molecule has 7 heteroatoms. The van der Waals surface area contributed by atoms with Crippen LogP contribution in [-0.2, 0) is 4.74 Å². The minimum absolute atomic E-state index is 0.0161. The summed E-state index contributed by atoms with van der Waals surface area (Å²) in [6.45, 7) is 6.85. The van der Waals surface area contributed by atoms with Crippen LogP contribution in [-0.4, -0.2) is 51.0 Å². The zero-order valence-electron chi connectivity index (χ0n) is 17.8. The highest BCUT2D eigenvalue weighted by Gasteiger charge is 2.33. The Bertz CT molecular complexity index is 815. The summed E-state index contributed by atoms with van der Waals surface area (Å²) >= 11 is 0. The van der Waals surface area contributed by atoms with E-state index < -0.39 is 5.60 Å². The third-order valence-electron chi connectivity index (χ3n) is 6.09. The number of rotatable bonds is 3. The molecule has 2 aliphatic heterocycles. The van der Waals surface area contributed by atoms with Gasteiger partial charge in [-0.25, -0.2) is 14.5 Å². The molecule has 1 atom stereocenters. The summed E-state index contributed by atoms with van der Waals surface area (Å²) in [5, 5.41) is 4.52. The number of amides is 1. The topological polar surface area (TPSA) is 76.8 Å². The number of fused-ring (bicyclic) bond motifs is 1. The van der Waals surface area contributed by atoms with Gasteiger partial charge in [0.25, 0.3) is 0 Å². The van der Waals surface area contributed by atoms with Gasteiger partial charge in [0.15, 0.2) is 11.6 Å². The Balaban J connectivity index is 1.52. The highest BCUT2D eigenvalue weighted by molar-refractivity contribution is 6.15. The molecule has 0 aromatic carbocycles. The van der Waals surface area contributed by atoms with Gasteiger partial charge in [0.05, 0.1) is 17.8 Å². The molecule has 1 unspecified atom stereocenters. The number of ketones is 1. The van der Waals surface area contributed by atoms with Crippen molar-refractivity contribution in [3.63, 3.8) is 0 Å². The minimum Gasteiger partial charge on any atom is -0.444 e. The molecule has 1 aliphatic carbocycles. The Morgan fingerprint density at radius 2 is 1.97 bits per heavy atom. The maximum absolute atomic E-state index is 12.7. The third kappa shape index (κ3) is 4.54. The lowest BCUT2D eigenvalue weighted by Gasteiger charge is -2.34. The molecule has 158 valence electrons. The highest BCUT2D eigenvalue weighted by atomic mass is 16.6. The smallest absolute Gasteiger partial charge is 0.410 e. The van der Waals surface area contributed by atoms with Crippen molar-refractivity contribution in [2.75, 3.05) is 13.1 Å². The number of ether oxygens (including phenoxy) is 1. The van der Waals surface area contributed by atoms with Gasteiger partial charge >= 0.3 is 6.09 Å². The number of carbonyl (C=O) groups excluding carboxylic acids is 2. The molecule has 1 saturated carbocycles. The molecule has 1 amide bonds. The monoisotopic (exact) mass is 400 g/mol. The van der Waals surface area contributed by atoms with E-state index >= 15 is 0 Å². The van der Waals surface area contributed by atoms with Gasteiger partial charge in [-0.1, -0.05) is 25.7 Å². The first-order valence-corrected chi connectivity index (χ1v) is 11.0. The Labute approximate surface area is 172 Å². The molecule has 7 nitrogen and oxygen atoms in total. The van der Waals surface area contributed by atoms with E-state index in [4.69, 9.17) is 9.73 Å². The molecular weight excluding hydrogens is 368 g/mol. The number of piperidine rings is 1. The number of aliphatic imine (C=N–C) groups is 1. The van der Waals surface area contributed by atoms with Crippen LogP contribution in [0.15, 0.2) is 11.2 Å². The molecular formula is C22H32N4O3. The normalized spacial score (nSPS) is 23.1. The van der Waals surface area contributed by atoms with Crippen molar-refractivity contribution >= 4 is 23.4 Å². The molecule has 1 aromatic rings. The van der Waals surface area contributed by atoms with E-state index in [1.165, 1.54) is 25.7 Å². The first-order chi connectivity index (χ1) is 13.8. The quantitative estimate of drug-likeness (QED) is 0.737. The van der Waals surface area contributed by atoms with Crippen LogP contribution in [0, 0.1) is 5.92 Å². The van der Waals surface area contributed by atoms with Crippen molar-refractivity contribution in [3.05, 3.63) is 11.8 Å². The number of likely N-dealkylation sites (tertiary alicyclic amines) is 1. The predicted molar refractivity (Wildman–Crippen MR) is 111 cm³/mol. The summed E-state index contributed by atoms with van der Waals surface area (Å²) in [6.07, 6.45) is 9.56. The van der Waals surface area contributed by atoms with Gasteiger partial charge in [0.2, 0.25) is 0 Å². The van der Waals surface area contributed by atoms with Crippen LogP contribution in [0.25, 0.3) is 0 Å². The van der Waals surface area contributed by atoms with Crippen molar-refractivity contribution < 1.29 is 14.3 Å². The standard InChI is InChI=1S/C22H32N4O3/c1-22(2,3)29-21(28)25-10-6-9-17(14-25)26-20-18(13-23-26)19(27)12-16(24-20)11-15-7-4-5-8-15/h13,15,17H,4-12,14H2,1-3H3. The molecule has 0 bridgehead atoms. The van der Waals surface area contributed by atoms with E-state index in [-0.39, 0.29) is 17.9 Å².